The second-order valence-electron chi connectivity index (χ2n) is 4.94. The van der Waals surface area contributed by atoms with Crippen molar-refractivity contribution in [1.29, 1.82) is 0 Å². The van der Waals surface area contributed by atoms with E-state index >= 15 is 0 Å². The molecule has 7 heteroatoms. The summed E-state index contributed by atoms with van der Waals surface area (Å²) in [5.74, 6) is 0. The zero-order chi connectivity index (χ0) is 15.2. The third kappa shape index (κ3) is 4.01. The highest BCUT2D eigenvalue weighted by Crippen LogP contribution is 2.14. The lowest BCUT2D eigenvalue weighted by molar-refractivity contribution is 0.0622. The molecule has 1 aromatic carbocycles. The van der Waals surface area contributed by atoms with Gasteiger partial charge in [-0.15, -0.1) is 0 Å². The highest BCUT2D eigenvalue weighted by Gasteiger charge is 2.31. The van der Waals surface area contributed by atoms with Crippen LogP contribution in [0.5, 0.6) is 0 Å². The van der Waals surface area contributed by atoms with Crippen molar-refractivity contribution in [3.8, 4) is 0 Å². The van der Waals surface area contributed by atoms with Crippen LogP contribution >= 0.6 is 0 Å². The molecule has 1 atom stereocenters. The second-order valence-corrected chi connectivity index (χ2v) is 4.94. The van der Waals surface area contributed by atoms with E-state index in [4.69, 9.17) is 5.11 Å². The molecule has 1 saturated heterocycles. The summed E-state index contributed by atoms with van der Waals surface area (Å²) in [4.78, 5) is 24.8. The maximum absolute atomic E-state index is 11.2. The standard InChI is InChI=1S/C14H19N3O4/c18-13(19)16-8-9-17(14(20)21)12(10-16)6-7-15-11-4-2-1-3-5-11/h1-5,12,15H,6-10H2,(H,18,19)(H,20,21)/t12-/m1/s1. The molecule has 1 fully saturated rings. The maximum Gasteiger partial charge on any atom is 0.407 e. The maximum atomic E-state index is 11.2. The largest absolute Gasteiger partial charge is 0.465 e. The van der Waals surface area contributed by atoms with E-state index in [1.54, 1.807) is 0 Å². The van der Waals surface area contributed by atoms with Crippen molar-refractivity contribution in [2.45, 2.75) is 12.5 Å². The first-order valence-electron chi connectivity index (χ1n) is 6.84. The van der Waals surface area contributed by atoms with Crippen LogP contribution in [0, 0.1) is 0 Å². The van der Waals surface area contributed by atoms with Crippen molar-refractivity contribution in [3.05, 3.63) is 30.3 Å². The first kappa shape index (κ1) is 15.0. The Kier molecular flexibility index (Phi) is 4.86. The summed E-state index contributed by atoms with van der Waals surface area (Å²) < 4.78 is 0. The fourth-order valence-electron chi connectivity index (χ4n) is 2.47. The van der Waals surface area contributed by atoms with Crippen LogP contribution in [0.4, 0.5) is 15.3 Å². The first-order chi connectivity index (χ1) is 10.1. The Labute approximate surface area is 122 Å². The van der Waals surface area contributed by atoms with Gasteiger partial charge >= 0.3 is 12.2 Å². The van der Waals surface area contributed by atoms with Gasteiger partial charge in [0.25, 0.3) is 0 Å². The molecule has 0 aliphatic carbocycles. The molecule has 2 rings (SSSR count). The first-order valence-corrected chi connectivity index (χ1v) is 6.84. The van der Waals surface area contributed by atoms with Gasteiger partial charge in [0, 0.05) is 31.9 Å². The van der Waals surface area contributed by atoms with Crippen molar-refractivity contribution in [2.24, 2.45) is 0 Å². The Morgan fingerprint density at radius 1 is 1.14 bits per heavy atom. The number of nitrogens with one attached hydrogen (secondary N) is 1. The van der Waals surface area contributed by atoms with Gasteiger partial charge in [-0.3, -0.25) is 0 Å². The van der Waals surface area contributed by atoms with Crippen LogP contribution in [0.3, 0.4) is 0 Å². The normalized spacial score (nSPS) is 18.4. The highest BCUT2D eigenvalue weighted by atomic mass is 16.4. The van der Waals surface area contributed by atoms with Crippen molar-refractivity contribution in [3.63, 3.8) is 0 Å². The van der Waals surface area contributed by atoms with Gasteiger partial charge in [0.2, 0.25) is 0 Å². The quantitative estimate of drug-likeness (QED) is 0.787. The molecule has 0 aromatic heterocycles. The third-order valence-electron chi connectivity index (χ3n) is 3.58. The number of para-hydroxylation sites is 1. The zero-order valence-electron chi connectivity index (χ0n) is 11.6. The van der Waals surface area contributed by atoms with E-state index in [-0.39, 0.29) is 25.7 Å². The zero-order valence-corrected chi connectivity index (χ0v) is 11.6. The molecular weight excluding hydrogens is 274 g/mol. The van der Waals surface area contributed by atoms with Gasteiger partial charge in [-0.05, 0) is 18.6 Å². The number of rotatable bonds is 4. The number of nitrogens with zero attached hydrogens (tertiary/aromatic N) is 2. The van der Waals surface area contributed by atoms with E-state index in [0.29, 0.717) is 13.0 Å². The summed E-state index contributed by atoms with van der Waals surface area (Å²) in [6.45, 7) is 1.26. The van der Waals surface area contributed by atoms with E-state index in [9.17, 15) is 14.7 Å². The molecule has 0 spiro atoms. The van der Waals surface area contributed by atoms with Gasteiger partial charge in [0.1, 0.15) is 0 Å². The molecule has 2 amide bonds. The van der Waals surface area contributed by atoms with Crippen molar-refractivity contribution in [2.75, 3.05) is 31.5 Å². The van der Waals surface area contributed by atoms with Crippen LogP contribution in [0.2, 0.25) is 0 Å². The lowest BCUT2D eigenvalue weighted by Gasteiger charge is -2.38. The minimum atomic E-state index is -0.999. The number of piperazine rings is 1. The molecule has 0 saturated carbocycles. The highest BCUT2D eigenvalue weighted by molar-refractivity contribution is 5.68. The van der Waals surface area contributed by atoms with Crippen LogP contribution in [-0.2, 0) is 0 Å². The number of hydrogen-bond acceptors (Lipinski definition) is 3. The molecule has 1 aliphatic rings. The monoisotopic (exact) mass is 293 g/mol. The predicted molar refractivity (Wildman–Crippen MR) is 77.7 cm³/mol. The number of carbonyl (C=O) groups is 2. The number of benzene rings is 1. The van der Waals surface area contributed by atoms with E-state index in [0.717, 1.165) is 5.69 Å². The number of amides is 2. The van der Waals surface area contributed by atoms with Crippen LogP contribution in [-0.4, -0.2) is 64.4 Å². The van der Waals surface area contributed by atoms with Crippen LogP contribution < -0.4 is 5.32 Å². The number of carboxylic acid groups (broad SMARTS) is 2. The average molecular weight is 293 g/mol. The second kappa shape index (κ2) is 6.83. The summed E-state index contributed by atoms with van der Waals surface area (Å²) in [5, 5.41) is 21.4. The Morgan fingerprint density at radius 3 is 2.48 bits per heavy atom. The molecule has 7 nitrogen and oxygen atoms in total. The lowest BCUT2D eigenvalue weighted by Crippen LogP contribution is -2.56. The SMILES string of the molecule is O=C(O)N1CCN(C(=O)O)[C@H](CCNc2ccccc2)C1. The van der Waals surface area contributed by atoms with Gasteiger partial charge in [-0.25, -0.2) is 9.59 Å². The topological polar surface area (TPSA) is 93.1 Å². The molecule has 0 radical (unpaired) electrons. The fraction of sp³-hybridized carbons (Fsp3) is 0.429. The molecule has 0 bridgehead atoms. The van der Waals surface area contributed by atoms with Gasteiger partial charge in [0.05, 0.1) is 6.04 Å². The number of anilines is 1. The Bertz CT molecular complexity index is 494. The summed E-state index contributed by atoms with van der Waals surface area (Å²) >= 11 is 0. The molecule has 1 heterocycles. The van der Waals surface area contributed by atoms with Crippen molar-refractivity contribution >= 4 is 17.9 Å². The fourth-order valence-corrected chi connectivity index (χ4v) is 2.47. The minimum Gasteiger partial charge on any atom is -0.465 e. The van der Waals surface area contributed by atoms with E-state index in [1.807, 2.05) is 30.3 Å². The molecule has 3 N–H and O–H groups in total. The summed E-state index contributed by atoms with van der Waals surface area (Å²) in [5.41, 5.74) is 0.963. The lowest BCUT2D eigenvalue weighted by atomic mass is 10.1. The smallest absolute Gasteiger partial charge is 0.407 e. The van der Waals surface area contributed by atoms with Crippen molar-refractivity contribution in [1.82, 2.24) is 9.80 Å². The number of hydrogen-bond donors (Lipinski definition) is 3. The van der Waals surface area contributed by atoms with E-state index < -0.39 is 12.2 Å². The van der Waals surface area contributed by atoms with Gasteiger partial charge < -0.3 is 25.3 Å². The average Bonchev–Trinajstić information content (AvgIpc) is 2.48. The van der Waals surface area contributed by atoms with Gasteiger partial charge in [-0.1, -0.05) is 18.2 Å². The molecule has 1 aromatic rings. The molecule has 0 unspecified atom stereocenters. The summed E-state index contributed by atoms with van der Waals surface area (Å²) in [7, 11) is 0. The third-order valence-corrected chi connectivity index (χ3v) is 3.58. The molecule has 21 heavy (non-hydrogen) atoms. The van der Waals surface area contributed by atoms with Crippen LogP contribution in [0.1, 0.15) is 6.42 Å². The van der Waals surface area contributed by atoms with E-state index in [2.05, 4.69) is 5.32 Å². The summed E-state index contributed by atoms with van der Waals surface area (Å²) in [6, 6.07) is 9.29. The van der Waals surface area contributed by atoms with Gasteiger partial charge in [-0.2, -0.15) is 0 Å². The predicted octanol–water partition coefficient (Wildman–Crippen LogP) is 1.83. The molecule has 114 valence electrons. The minimum absolute atomic E-state index is 0.220. The molecule has 1 aliphatic heterocycles. The van der Waals surface area contributed by atoms with Crippen LogP contribution in [0.25, 0.3) is 0 Å². The van der Waals surface area contributed by atoms with Crippen molar-refractivity contribution < 1.29 is 19.8 Å². The summed E-state index contributed by atoms with van der Waals surface area (Å²) in [6.07, 6.45) is -1.43. The van der Waals surface area contributed by atoms with Crippen LogP contribution in [0.15, 0.2) is 30.3 Å². The Balaban J connectivity index is 1.90. The molecular formula is C14H19N3O4. The Hall–Kier alpha value is -2.44. The Morgan fingerprint density at radius 2 is 1.86 bits per heavy atom. The van der Waals surface area contributed by atoms with Gasteiger partial charge in [0.15, 0.2) is 0 Å². The van der Waals surface area contributed by atoms with E-state index in [1.165, 1.54) is 9.80 Å².